The summed E-state index contributed by atoms with van der Waals surface area (Å²) in [6.07, 6.45) is 2.52. The van der Waals surface area contributed by atoms with Crippen molar-refractivity contribution in [3.8, 4) is 5.75 Å². The van der Waals surface area contributed by atoms with Crippen LogP contribution in [0.15, 0.2) is 18.2 Å². The second-order valence-electron chi connectivity index (χ2n) is 5.21. The van der Waals surface area contributed by atoms with Crippen LogP contribution in [-0.4, -0.2) is 18.6 Å². The van der Waals surface area contributed by atoms with Crippen LogP contribution in [0.5, 0.6) is 5.75 Å². The van der Waals surface area contributed by atoms with E-state index in [1.165, 1.54) is 26.0 Å². The van der Waals surface area contributed by atoms with Crippen molar-refractivity contribution in [2.24, 2.45) is 5.41 Å². The molecule has 0 saturated heterocycles. The number of nitro groups is 1. The van der Waals surface area contributed by atoms with Crippen LogP contribution < -0.4 is 10.1 Å². The lowest BCUT2D eigenvalue weighted by molar-refractivity contribution is -0.385. The predicted octanol–water partition coefficient (Wildman–Crippen LogP) is 2.49. The monoisotopic (exact) mass is 250 g/mol. The summed E-state index contributed by atoms with van der Waals surface area (Å²) in [4.78, 5) is 10.4. The third kappa shape index (κ3) is 3.20. The molecule has 0 atom stereocenters. The molecule has 1 aliphatic carbocycles. The average Bonchev–Trinajstić information content (AvgIpc) is 3.07. The molecule has 2 rings (SSSR count). The standard InChI is InChI=1S/C13H18N2O3/c1-13(3-4-13)9-14-8-10-5-11(15(16)17)7-12(6-10)18-2/h5-7,14H,3-4,8-9H2,1-2H3. The number of hydrogen-bond donors (Lipinski definition) is 1. The Hall–Kier alpha value is -1.62. The van der Waals surface area contributed by atoms with Gasteiger partial charge in [-0.15, -0.1) is 0 Å². The van der Waals surface area contributed by atoms with Crippen LogP contribution in [0.2, 0.25) is 0 Å². The van der Waals surface area contributed by atoms with E-state index in [4.69, 9.17) is 4.74 Å². The van der Waals surface area contributed by atoms with E-state index >= 15 is 0 Å². The van der Waals surface area contributed by atoms with E-state index in [1.54, 1.807) is 6.07 Å². The van der Waals surface area contributed by atoms with Crippen molar-refractivity contribution in [2.75, 3.05) is 13.7 Å². The van der Waals surface area contributed by atoms with Crippen molar-refractivity contribution in [3.05, 3.63) is 33.9 Å². The predicted molar refractivity (Wildman–Crippen MR) is 68.7 cm³/mol. The number of hydrogen-bond acceptors (Lipinski definition) is 4. The maximum absolute atomic E-state index is 10.8. The van der Waals surface area contributed by atoms with Gasteiger partial charge < -0.3 is 10.1 Å². The maximum atomic E-state index is 10.8. The van der Waals surface area contributed by atoms with Crippen molar-refractivity contribution in [1.29, 1.82) is 0 Å². The summed E-state index contributed by atoms with van der Waals surface area (Å²) >= 11 is 0. The first-order chi connectivity index (χ1) is 8.52. The van der Waals surface area contributed by atoms with Gasteiger partial charge in [0.25, 0.3) is 5.69 Å². The fourth-order valence-electron chi connectivity index (χ4n) is 1.87. The Bertz CT molecular complexity index is 456. The molecule has 1 aromatic carbocycles. The minimum atomic E-state index is -0.395. The fourth-order valence-corrected chi connectivity index (χ4v) is 1.87. The molecule has 5 heteroatoms. The van der Waals surface area contributed by atoms with Gasteiger partial charge in [0.2, 0.25) is 0 Å². The SMILES string of the molecule is COc1cc(CNCC2(C)CC2)cc([N+](=O)[O-])c1. The van der Waals surface area contributed by atoms with E-state index in [0.717, 1.165) is 12.1 Å². The van der Waals surface area contributed by atoms with Gasteiger partial charge in [-0.25, -0.2) is 0 Å². The number of nitrogens with one attached hydrogen (secondary N) is 1. The lowest BCUT2D eigenvalue weighted by atomic mass is 10.1. The molecule has 98 valence electrons. The van der Waals surface area contributed by atoms with E-state index < -0.39 is 4.92 Å². The number of ether oxygens (including phenoxy) is 1. The van der Waals surface area contributed by atoms with Crippen LogP contribution in [0.4, 0.5) is 5.69 Å². The number of nitrogens with zero attached hydrogens (tertiary/aromatic N) is 1. The molecule has 0 radical (unpaired) electrons. The topological polar surface area (TPSA) is 64.4 Å². The minimum absolute atomic E-state index is 0.0729. The van der Waals surface area contributed by atoms with Gasteiger partial charge >= 0.3 is 0 Å². The Morgan fingerprint density at radius 2 is 2.17 bits per heavy atom. The summed E-state index contributed by atoms with van der Waals surface area (Å²) in [6.45, 7) is 3.83. The van der Waals surface area contributed by atoms with Gasteiger partial charge in [-0.3, -0.25) is 10.1 Å². The molecule has 1 saturated carbocycles. The van der Waals surface area contributed by atoms with Crippen molar-refractivity contribution in [3.63, 3.8) is 0 Å². The first-order valence-electron chi connectivity index (χ1n) is 6.05. The van der Waals surface area contributed by atoms with E-state index in [9.17, 15) is 10.1 Å². The molecule has 0 bridgehead atoms. The van der Waals surface area contributed by atoms with E-state index in [1.807, 2.05) is 6.07 Å². The first-order valence-corrected chi connectivity index (χ1v) is 6.05. The highest BCUT2D eigenvalue weighted by Gasteiger charge is 2.36. The summed E-state index contributed by atoms with van der Waals surface area (Å²) in [6, 6.07) is 4.85. The van der Waals surface area contributed by atoms with Gasteiger partial charge in [-0.05, 0) is 29.9 Å². The Labute approximate surface area is 106 Å². The van der Waals surface area contributed by atoms with Gasteiger partial charge in [-0.2, -0.15) is 0 Å². The Kier molecular flexibility index (Phi) is 3.52. The third-order valence-corrected chi connectivity index (χ3v) is 3.38. The van der Waals surface area contributed by atoms with Gasteiger partial charge in [0.05, 0.1) is 18.1 Å². The van der Waals surface area contributed by atoms with Crippen LogP contribution in [0, 0.1) is 15.5 Å². The van der Waals surface area contributed by atoms with Gasteiger partial charge in [0.1, 0.15) is 5.75 Å². The summed E-state index contributed by atoms with van der Waals surface area (Å²) in [5.41, 5.74) is 1.39. The van der Waals surface area contributed by atoms with Gasteiger partial charge in [-0.1, -0.05) is 6.92 Å². The third-order valence-electron chi connectivity index (χ3n) is 3.38. The molecule has 0 aliphatic heterocycles. The smallest absolute Gasteiger partial charge is 0.273 e. The summed E-state index contributed by atoms with van der Waals surface area (Å²) in [7, 11) is 1.52. The average molecular weight is 250 g/mol. The highest BCUT2D eigenvalue weighted by Crippen LogP contribution is 2.44. The highest BCUT2D eigenvalue weighted by atomic mass is 16.6. The van der Waals surface area contributed by atoms with Crippen molar-refractivity contribution in [1.82, 2.24) is 5.32 Å². The molecule has 1 N–H and O–H groups in total. The molecular formula is C13H18N2O3. The number of methoxy groups -OCH3 is 1. The zero-order chi connectivity index (χ0) is 13.2. The van der Waals surface area contributed by atoms with Crippen LogP contribution in [0.25, 0.3) is 0 Å². The normalized spacial score (nSPS) is 16.3. The quantitative estimate of drug-likeness (QED) is 0.622. The molecule has 1 aromatic rings. The molecule has 1 aliphatic rings. The van der Waals surface area contributed by atoms with Gasteiger partial charge in [0, 0.05) is 19.2 Å². The maximum Gasteiger partial charge on any atom is 0.273 e. The highest BCUT2D eigenvalue weighted by molar-refractivity contribution is 5.42. The molecule has 5 nitrogen and oxygen atoms in total. The molecule has 0 heterocycles. The first kappa shape index (κ1) is 12.8. The largest absolute Gasteiger partial charge is 0.496 e. The van der Waals surface area contributed by atoms with E-state index in [2.05, 4.69) is 12.2 Å². The second kappa shape index (κ2) is 4.94. The fraction of sp³-hybridized carbons (Fsp3) is 0.538. The van der Waals surface area contributed by atoms with Crippen LogP contribution in [0.3, 0.4) is 0 Å². The number of nitro benzene ring substituents is 1. The number of benzene rings is 1. The molecule has 18 heavy (non-hydrogen) atoms. The lowest BCUT2D eigenvalue weighted by Crippen LogP contribution is -2.21. The zero-order valence-corrected chi connectivity index (χ0v) is 10.7. The van der Waals surface area contributed by atoms with Crippen LogP contribution in [-0.2, 0) is 6.54 Å². The Morgan fingerprint density at radius 3 is 2.72 bits per heavy atom. The molecule has 0 unspecified atom stereocenters. The molecule has 0 spiro atoms. The zero-order valence-electron chi connectivity index (χ0n) is 10.7. The molecule has 1 fully saturated rings. The van der Waals surface area contributed by atoms with Gasteiger partial charge in [0.15, 0.2) is 0 Å². The van der Waals surface area contributed by atoms with Crippen molar-refractivity contribution < 1.29 is 9.66 Å². The molecule has 0 aromatic heterocycles. The summed E-state index contributed by atoms with van der Waals surface area (Å²) in [5.74, 6) is 0.527. The molecule has 0 amide bonds. The Morgan fingerprint density at radius 1 is 1.44 bits per heavy atom. The van der Waals surface area contributed by atoms with Crippen molar-refractivity contribution in [2.45, 2.75) is 26.3 Å². The number of rotatable bonds is 6. The molecular weight excluding hydrogens is 232 g/mol. The summed E-state index contributed by atoms with van der Waals surface area (Å²) in [5, 5.41) is 14.1. The lowest BCUT2D eigenvalue weighted by Gasteiger charge is -2.10. The Balaban J connectivity index is 2.01. The van der Waals surface area contributed by atoms with Crippen LogP contribution in [0.1, 0.15) is 25.3 Å². The van der Waals surface area contributed by atoms with Crippen molar-refractivity contribution >= 4 is 5.69 Å². The van der Waals surface area contributed by atoms with E-state index in [0.29, 0.717) is 17.7 Å². The summed E-state index contributed by atoms with van der Waals surface area (Å²) < 4.78 is 5.07. The van der Waals surface area contributed by atoms with Crippen LogP contribution >= 0.6 is 0 Å². The minimum Gasteiger partial charge on any atom is -0.496 e. The van der Waals surface area contributed by atoms with E-state index in [-0.39, 0.29) is 5.69 Å². The second-order valence-corrected chi connectivity index (χ2v) is 5.21. The number of non-ortho nitro benzene ring substituents is 1.